The molecule has 1 atom stereocenters. The molecule has 19 heavy (non-hydrogen) atoms. The molecule has 0 bridgehead atoms. The van der Waals surface area contributed by atoms with E-state index in [1.807, 2.05) is 12.1 Å². The summed E-state index contributed by atoms with van der Waals surface area (Å²) in [5, 5.41) is 12.1. The van der Waals surface area contributed by atoms with Crippen molar-refractivity contribution in [2.75, 3.05) is 0 Å². The van der Waals surface area contributed by atoms with E-state index >= 15 is 0 Å². The first-order valence-corrected chi connectivity index (χ1v) is 7.07. The SMILES string of the molecule is OC1(Cc2ccc(Cl)cc2Cl)CCCc2occc21. The highest BCUT2D eigenvalue weighted by atomic mass is 35.5. The van der Waals surface area contributed by atoms with Gasteiger partial charge in [-0.05, 0) is 36.6 Å². The van der Waals surface area contributed by atoms with E-state index < -0.39 is 5.60 Å². The standard InChI is InChI=1S/C15H14Cl2O2/c16-11-4-3-10(13(17)8-11)9-15(18)6-1-2-14-12(15)5-7-19-14/h3-5,7-8,18H,1-2,6,9H2. The summed E-state index contributed by atoms with van der Waals surface area (Å²) in [4.78, 5) is 0. The fraction of sp³-hybridized carbons (Fsp3) is 0.333. The fourth-order valence-corrected chi connectivity index (χ4v) is 3.26. The lowest BCUT2D eigenvalue weighted by Crippen LogP contribution is -2.32. The van der Waals surface area contributed by atoms with Crippen molar-refractivity contribution < 1.29 is 9.52 Å². The molecule has 0 aliphatic heterocycles. The molecular formula is C15H14Cl2O2. The third-order valence-corrected chi connectivity index (χ3v) is 4.33. The molecule has 3 rings (SSSR count). The smallest absolute Gasteiger partial charge is 0.109 e. The molecule has 0 spiro atoms. The molecule has 0 radical (unpaired) electrons. The van der Waals surface area contributed by atoms with E-state index in [0.29, 0.717) is 16.5 Å². The Morgan fingerprint density at radius 3 is 2.89 bits per heavy atom. The maximum Gasteiger partial charge on any atom is 0.109 e. The van der Waals surface area contributed by atoms with Crippen LogP contribution >= 0.6 is 23.2 Å². The molecule has 0 amide bonds. The molecule has 2 nitrogen and oxygen atoms in total. The molecule has 100 valence electrons. The van der Waals surface area contributed by atoms with Crippen molar-refractivity contribution >= 4 is 23.2 Å². The molecule has 1 aliphatic rings. The van der Waals surface area contributed by atoms with E-state index in [1.165, 1.54) is 0 Å². The predicted octanol–water partition coefficient (Wildman–Crippen LogP) is 4.35. The highest BCUT2D eigenvalue weighted by Crippen LogP contribution is 2.39. The van der Waals surface area contributed by atoms with Gasteiger partial charge in [0.15, 0.2) is 0 Å². The van der Waals surface area contributed by atoms with Crippen molar-refractivity contribution in [2.24, 2.45) is 0 Å². The van der Waals surface area contributed by atoms with Gasteiger partial charge in [0.25, 0.3) is 0 Å². The number of rotatable bonds is 2. The van der Waals surface area contributed by atoms with Crippen LogP contribution in [-0.4, -0.2) is 5.11 Å². The van der Waals surface area contributed by atoms with Crippen molar-refractivity contribution in [3.8, 4) is 0 Å². The Labute approximate surface area is 122 Å². The molecule has 1 N–H and O–H groups in total. The molecular weight excluding hydrogens is 283 g/mol. The van der Waals surface area contributed by atoms with Crippen LogP contribution in [0.3, 0.4) is 0 Å². The maximum atomic E-state index is 10.9. The van der Waals surface area contributed by atoms with E-state index in [2.05, 4.69) is 0 Å². The third-order valence-electron chi connectivity index (χ3n) is 3.74. The molecule has 2 aromatic rings. The van der Waals surface area contributed by atoms with E-state index in [-0.39, 0.29) is 0 Å². The molecule has 0 saturated heterocycles. The summed E-state index contributed by atoms with van der Waals surface area (Å²) in [7, 11) is 0. The van der Waals surface area contributed by atoms with Crippen LogP contribution in [0, 0.1) is 0 Å². The highest BCUT2D eigenvalue weighted by molar-refractivity contribution is 6.35. The van der Waals surface area contributed by atoms with Gasteiger partial charge in [0, 0.05) is 28.5 Å². The van der Waals surface area contributed by atoms with Crippen molar-refractivity contribution in [1.82, 2.24) is 0 Å². The zero-order valence-corrected chi connectivity index (χ0v) is 11.8. The molecule has 1 aromatic carbocycles. The Morgan fingerprint density at radius 2 is 2.11 bits per heavy atom. The Kier molecular flexibility index (Phi) is 3.34. The second-order valence-electron chi connectivity index (χ2n) is 5.06. The summed E-state index contributed by atoms with van der Waals surface area (Å²) in [6.07, 6.45) is 4.65. The van der Waals surface area contributed by atoms with Gasteiger partial charge >= 0.3 is 0 Å². The van der Waals surface area contributed by atoms with Crippen LogP contribution in [0.2, 0.25) is 10.0 Å². The van der Waals surface area contributed by atoms with Crippen LogP contribution in [0.15, 0.2) is 34.9 Å². The number of hydrogen-bond donors (Lipinski definition) is 1. The first-order chi connectivity index (χ1) is 9.08. The number of aryl methyl sites for hydroxylation is 1. The predicted molar refractivity (Wildman–Crippen MR) is 75.7 cm³/mol. The second-order valence-corrected chi connectivity index (χ2v) is 5.90. The van der Waals surface area contributed by atoms with Crippen molar-refractivity contribution in [1.29, 1.82) is 0 Å². The number of halogens is 2. The number of benzene rings is 1. The van der Waals surface area contributed by atoms with Gasteiger partial charge in [-0.15, -0.1) is 0 Å². The Morgan fingerprint density at radius 1 is 1.26 bits per heavy atom. The lowest BCUT2D eigenvalue weighted by molar-refractivity contribution is 0.0169. The summed E-state index contributed by atoms with van der Waals surface area (Å²) >= 11 is 12.1. The highest BCUT2D eigenvalue weighted by Gasteiger charge is 2.36. The fourth-order valence-electron chi connectivity index (χ4n) is 2.79. The largest absolute Gasteiger partial charge is 0.469 e. The first-order valence-electron chi connectivity index (χ1n) is 6.32. The van der Waals surface area contributed by atoms with Gasteiger partial charge in [0.2, 0.25) is 0 Å². The van der Waals surface area contributed by atoms with Crippen LogP contribution in [-0.2, 0) is 18.4 Å². The zero-order chi connectivity index (χ0) is 13.5. The summed E-state index contributed by atoms with van der Waals surface area (Å²) in [5.74, 6) is 0.888. The first kappa shape index (κ1) is 13.0. The van der Waals surface area contributed by atoms with Crippen LogP contribution in [0.25, 0.3) is 0 Å². The Bertz CT molecular complexity index is 606. The lowest BCUT2D eigenvalue weighted by atomic mass is 9.79. The van der Waals surface area contributed by atoms with E-state index in [1.54, 1.807) is 18.4 Å². The number of aliphatic hydroxyl groups is 1. The normalized spacial score (nSPS) is 22.3. The van der Waals surface area contributed by atoms with Gasteiger partial charge in [-0.1, -0.05) is 29.3 Å². The summed E-state index contributed by atoms with van der Waals surface area (Å²) in [6, 6.07) is 7.24. The van der Waals surface area contributed by atoms with Crippen LogP contribution in [0.4, 0.5) is 0 Å². The number of fused-ring (bicyclic) bond motifs is 1. The van der Waals surface area contributed by atoms with Gasteiger partial charge in [-0.3, -0.25) is 0 Å². The molecule has 4 heteroatoms. The van der Waals surface area contributed by atoms with Gasteiger partial charge < -0.3 is 9.52 Å². The van der Waals surface area contributed by atoms with Gasteiger partial charge in [0.1, 0.15) is 5.76 Å². The molecule has 0 saturated carbocycles. The molecule has 1 aromatic heterocycles. The van der Waals surface area contributed by atoms with Crippen molar-refractivity contribution in [3.05, 3.63) is 57.5 Å². The summed E-state index contributed by atoms with van der Waals surface area (Å²) < 4.78 is 5.42. The van der Waals surface area contributed by atoms with Crippen molar-refractivity contribution in [3.63, 3.8) is 0 Å². The van der Waals surface area contributed by atoms with Crippen LogP contribution < -0.4 is 0 Å². The van der Waals surface area contributed by atoms with Gasteiger partial charge in [-0.25, -0.2) is 0 Å². The van der Waals surface area contributed by atoms with Crippen LogP contribution in [0.1, 0.15) is 29.7 Å². The second kappa shape index (κ2) is 4.86. The topological polar surface area (TPSA) is 33.4 Å². The molecule has 1 heterocycles. The minimum absolute atomic E-state index is 0.482. The zero-order valence-electron chi connectivity index (χ0n) is 10.3. The molecule has 0 fully saturated rings. The molecule has 1 aliphatic carbocycles. The van der Waals surface area contributed by atoms with E-state index in [9.17, 15) is 5.11 Å². The Hall–Kier alpha value is -0.960. The quantitative estimate of drug-likeness (QED) is 0.893. The Balaban J connectivity index is 1.95. The summed E-state index contributed by atoms with van der Waals surface area (Å²) in [5.41, 5.74) is 0.908. The molecule has 1 unspecified atom stereocenters. The van der Waals surface area contributed by atoms with E-state index in [0.717, 1.165) is 36.1 Å². The lowest BCUT2D eigenvalue weighted by Gasteiger charge is -2.32. The monoisotopic (exact) mass is 296 g/mol. The number of furan rings is 1. The average Bonchev–Trinajstić information content (AvgIpc) is 2.83. The minimum atomic E-state index is -0.891. The minimum Gasteiger partial charge on any atom is -0.469 e. The number of hydrogen-bond acceptors (Lipinski definition) is 2. The van der Waals surface area contributed by atoms with E-state index in [4.69, 9.17) is 27.6 Å². The average molecular weight is 297 g/mol. The van der Waals surface area contributed by atoms with Gasteiger partial charge in [0.05, 0.1) is 11.9 Å². The van der Waals surface area contributed by atoms with Gasteiger partial charge in [-0.2, -0.15) is 0 Å². The third kappa shape index (κ3) is 2.40. The summed E-state index contributed by atoms with van der Waals surface area (Å²) in [6.45, 7) is 0. The van der Waals surface area contributed by atoms with Crippen molar-refractivity contribution in [2.45, 2.75) is 31.3 Å². The maximum absolute atomic E-state index is 10.9. The van der Waals surface area contributed by atoms with Crippen LogP contribution in [0.5, 0.6) is 0 Å².